The number of hydrogen-bond donors (Lipinski definition) is 4. The van der Waals surface area contributed by atoms with E-state index in [2.05, 4.69) is 21.3 Å². The SMILES string of the molecule is CC(C)NC(=O)N[C@H]1C[C@H]2CN[C@@H](CNC(=O)C3CC3)C(=O)N2C1. The molecule has 3 rings (SSSR count). The van der Waals surface area contributed by atoms with Gasteiger partial charge in [-0.3, -0.25) is 9.59 Å². The molecule has 0 bridgehead atoms. The van der Waals surface area contributed by atoms with E-state index in [-0.39, 0.29) is 47.9 Å². The predicted octanol–water partition coefficient (Wildman–Crippen LogP) is -0.838. The molecule has 24 heavy (non-hydrogen) atoms. The first-order chi connectivity index (χ1) is 11.4. The van der Waals surface area contributed by atoms with Crippen LogP contribution in [0.1, 0.15) is 33.1 Å². The average molecular weight is 337 g/mol. The van der Waals surface area contributed by atoms with Crippen molar-refractivity contribution in [2.45, 2.75) is 57.3 Å². The minimum absolute atomic E-state index is 0.0101. The number of amides is 4. The van der Waals surface area contributed by atoms with E-state index in [4.69, 9.17) is 0 Å². The highest BCUT2D eigenvalue weighted by molar-refractivity contribution is 5.86. The van der Waals surface area contributed by atoms with Gasteiger partial charge in [0.15, 0.2) is 0 Å². The Hall–Kier alpha value is -1.83. The smallest absolute Gasteiger partial charge is 0.315 e. The summed E-state index contributed by atoms with van der Waals surface area (Å²) in [4.78, 5) is 38.0. The van der Waals surface area contributed by atoms with Crippen LogP contribution >= 0.6 is 0 Å². The number of hydrogen-bond acceptors (Lipinski definition) is 4. The van der Waals surface area contributed by atoms with Gasteiger partial charge in [0.25, 0.3) is 0 Å². The van der Waals surface area contributed by atoms with Crippen LogP contribution in [0.2, 0.25) is 0 Å². The first kappa shape index (κ1) is 17.0. The molecule has 2 aliphatic heterocycles. The van der Waals surface area contributed by atoms with Gasteiger partial charge in [-0.25, -0.2) is 4.79 Å². The highest BCUT2D eigenvalue weighted by Gasteiger charge is 2.42. The number of nitrogens with zero attached hydrogens (tertiary/aromatic N) is 1. The lowest BCUT2D eigenvalue weighted by Crippen LogP contribution is -2.61. The van der Waals surface area contributed by atoms with Crippen molar-refractivity contribution >= 4 is 17.8 Å². The van der Waals surface area contributed by atoms with Gasteiger partial charge >= 0.3 is 6.03 Å². The molecule has 3 aliphatic rings. The molecule has 4 amide bonds. The molecule has 3 atom stereocenters. The molecule has 134 valence electrons. The number of urea groups is 1. The summed E-state index contributed by atoms with van der Waals surface area (Å²) in [6.07, 6.45) is 2.67. The molecule has 8 nitrogen and oxygen atoms in total. The Morgan fingerprint density at radius 3 is 2.75 bits per heavy atom. The summed E-state index contributed by atoms with van der Waals surface area (Å²) >= 11 is 0. The Bertz CT molecular complexity index is 520. The number of nitrogens with one attached hydrogen (secondary N) is 4. The van der Waals surface area contributed by atoms with Crippen molar-refractivity contribution in [2.24, 2.45) is 5.92 Å². The van der Waals surface area contributed by atoms with E-state index in [1.54, 1.807) is 0 Å². The molecule has 0 unspecified atom stereocenters. The summed E-state index contributed by atoms with van der Waals surface area (Å²) in [7, 11) is 0. The van der Waals surface area contributed by atoms with Gasteiger partial charge in [-0.2, -0.15) is 0 Å². The molecule has 1 saturated carbocycles. The lowest BCUT2D eigenvalue weighted by molar-refractivity contribution is -0.137. The van der Waals surface area contributed by atoms with Crippen LogP contribution in [0.4, 0.5) is 4.79 Å². The summed E-state index contributed by atoms with van der Waals surface area (Å²) in [5, 5.41) is 11.8. The van der Waals surface area contributed by atoms with Gasteiger partial charge in [0.1, 0.15) is 6.04 Å². The van der Waals surface area contributed by atoms with Crippen LogP contribution < -0.4 is 21.3 Å². The third kappa shape index (κ3) is 3.98. The van der Waals surface area contributed by atoms with E-state index >= 15 is 0 Å². The number of rotatable bonds is 5. The van der Waals surface area contributed by atoms with E-state index < -0.39 is 0 Å². The Balaban J connectivity index is 1.48. The molecule has 2 saturated heterocycles. The van der Waals surface area contributed by atoms with E-state index in [1.807, 2.05) is 18.7 Å². The van der Waals surface area contributed by atoms with Crippen molar-refractivity contribution < 1.29 is 14.4 Å². The molecule has 0 spiro atoms. The molecule has 0 aromatic heterocycles. The van der Waals surface area contributed by atoms with Gasteiger partial charge in [-0.15, -0.1) is 0 Å². The molecule has 3 fully saturated rings. The topological polar surface area (TPSA) is 103 Å². The normalized spacial score (nSPS) is 29.4. The van der Waals surface area contributed by atoms with E-state index in [0.29, 0.717) is 19.6 Å². The highest BCUT2D eigenvalue weighted by Crippen LogP contribution is 2.28. The van der Waals surface area contributed by atoms with Crippen LogP contribution in [0.3, 0.4) is 0 Å². The van der Waals surface area contributed by atoms with Crippen molar-refractivity contribution in [1.29, 1.82) is 0 Å². The fourth-order valence-electron chi connectivity index (χ4n) is 3.39. The second-order valence-corrected chi connectivity index (χ2v) is 7.33. The molecule has 0 aromatic carbocycles. The van der Waals surface area contributed by atoms with Crippen LogP contribution in [0.25, 0.3) is 0 Å². The van der Waals surface area contributed by atoms with E-state index in [1.165, 1.54) is 0 Å². The van der Waals surface area contributed by atoms with Crippen molar-refractivity contribution in [3.8, 4) is 0 Å². The zero-order valence-corrected chi connectivity index (χ0v) is 14.3. The third-order valence-electron chi connectivity index (χ3n) is 4.78. The fraction of sp³-hybridized carbons (Fsp3) is 0.812. The number of fused-ring (bicyclic) bond motifs is 1. The van der Waals surface area contributed by atoms with Gasteiger partial charge in [0, 0.05) is 37.6 Å². The lowest BCUT2D eigenvalue weighted by atomic mass is 10.1. The van der Waals surface area contributed by atoms with Crippen molar-refractivity contribution in [3.63, 3.8) is 0 Å². The first-order valence-electron chi connectivity index (χ1n) is 8.82. The molecular weight excluding hydrogens is 310 g/mol. The standard InChI is InChI=1S/C16H27N5O3/c1-9(2)19-16(24)20-11-5-12-6-17-13(15(23)21(12)8-11)7-18-14(22)10-3-4-10/h9-13,17H,3-8H2,1-2H3,(H,18,22)(H2,19,20,24)/t11-,12-,13-/m0/s1. The Kier molecular flexibility index (Phi) is 4.93. The number of piperazine rings is 1. The molecule has 0 radical (unpaired) electrons. The van der Waals surface area contributed by atoms with Crippen molar-refractivity contribution in [3.05, 3.63) is 0 Å². The van der Waals surface area contributed by atoms with Crippen LogP contribution in [-0.2, 0) is 9.59 Å². The maximum atomic E-state index is 12.6. The number of carbonyl (C=O) groups is 3. The van der Waals surface area contributed by atoms with Crippen molar-refractivity contribution in [1.82, 2.24) is 26.2 Å². The predicted molar refractivity (Wildman–Crippen MR) is 88.2 cm³/mol. The first-order valence-corrected chi connectivity index (χ1v) is 8.82. The maximum Gasteiger partial charge on any atom is 0.315 e. The molecule has 8 heteroatoms. The number of carbonyl (C=O) groups excluding carboxylic acids is 3. The molecule has 4 N–H and O–H groups in total. The third-order valence-corrected chi connectivity index (χ3v) is 4.78. The summed E-state index contributed by atoms with van der Waals surface area (Å²) in [6, 6.07) is -0.399. The summed E-state index contributed by atoms with van der Waals surface area (Å²) in [5.41, 5.74) is 0. The largest absolute Gasteiger partial charge is 0.354 e. The maximum absolute atomic E-state index is 12.6. The minimum Gasteiger partial charge on any atom is -0.354 e. The Morgan fingerprint density at radius 1 is 1.33 bits per heavy atom. The average Bonchev–Trinajstić information content (AvgIpc) is 3.27. The lowest BCUT2D eigenvalue weighted by Gasteiger charge is -2.35. The van der Waals surface area contributed by atoms with Crippen LogP contribution in [0.5, 0.6) is 0 Å². The second kappa shape index (κ2) is 6.96. The van der Waals surface area contributed by atoms with Crippen molar-refractivity contribution in [2.75, 3.05) is 19.6 Å². The van der Waals surface area contributed by atoms with Gasteiger partial charge in [-0.05, 0) is 33.1 Å². The fourth-order valence-corrected chi connectivity index (χ4v) is 3.39. The van der Waals surface area contributed by atoms with E-state index in [9.17, 15) is 14.4 Å². The Morgan fingerprint density at radius 2 is 2.08 bits per heavy atom. The van der Waals surface area contributed by atoms with Crippen LogP contribution in [0.15, 0.2) is 0 Å². The molecular formula is C16H27N5O3. The summed E-state index contributed by atoms with van der Waals surface area (Å²) in [5.74, 6) is 0.213. The van der Waals surface area contributed by atoms with Gasteiger partial charge < -0.3 is 26.2 Å². The molecule has 2 heterocycles. The van der Waals surface area contributed by atoms with Crippen LogP contribution in [-0.4, -0.2) is 66.5 Å². The quantitative estimate of drug-likeness (QED) is 0.525. The monoisotopic (exact) mass is 337 g/mol. The zero-order chi connectivity index (χ0) is 17.3. The Labute approximate surface area is 142 Å². The summed E-state index contributed by atoms with van der Waals surface area (Å²) < 4.78 is 0. The van der Waals surface area contributed by atoms with Crippen LogP contribution in [0, 0.1) is 5.92 Å². The van der Waals surface area contributed by atoms with E-state index in [0.717, 1.165) is 19.3 Å². The van der Waals surface area contributed by atoms with Gasteiger partial charge in [0.05, 0.1) is 6.04 Å². The second-order valence-electron chi connectivity index (χ2n) is 7.33. The summed E-state index contributed by atoms with van der Waals surface area (Å²) in [6.45, 7) is 5.38. The molecule has 1 aliphatic carbocycles. The van der Waals surface area contributed by atoms with Gasteiger partial charge in [0.2, 0.25) is 11.8 Å². The molecule has 0 aromatic rings. The minimum atomic E-state index is -0.368. The zero-order valence-electron chi connectivity index (χ0n) is 14.3. The van der Waals surface area contributed by atoms with Gasteiger partial charge in [-0.1, -0.05) is 0 Å². The highest BCUT2D eigenvalue weighted by atomic mass is 16.2.